The largest absolute Gasteiger partial charge is 0.312 e. The van der Waals surface area contributed by atoms with Crippen LogP contribution >= 0.6 is 56.7 Å². The number of hydrogen-bond acceptors (Lipinski definition) is 2. The molecule has 0 aliphatic heterocycles. The van der Waals surface area contributed by atoms with Crippen LogP contribution in [0.1, 0.15) is 36.8 Å². The molecule has 3 rings (SSSR count). The van der Waals surface area contributed by atoms with E-state index in [9.17, 15) is 0 Å². The Morgan fingerprint density at radius 2 is 1.21 bits per heavy atom. The third-order valence-electron chi connectivity index (χ3n) is 5.19. The summed E-state index contributed by atoms with van der Waals surface area (Å²) in [6.07, 6.45) is 5.45. The zero-order valence-electron chi connectivity index (χ0n) is 16.0. The van der Waals surface area contributed by atoms with Gasteiger partial charge in [0.15, 0.2) is 0 Å². The summed E-state index contributed by atoms with van der Waals surface area (Å²) < 4.78 is 2.32. The molecule has 1 fully saturated rings. The second-order valence-electron chi connectivity index (χ2n) is 7.42. The van der Waals surface area contributed by atoms with E-state index < -0.39 is 0 Å². The standard InChI is InChI=1S/C22H28Br2N2.2ClH/c23-21-8-2-6-19(11-21)15-25-13-17-4-1-5-18(10-17)14-26-16-20-7-3-9-22(24)12-20;;/h2-3,6-9,11-12,17-18,25-26H,1,4-5,10,13-16H2;2*1H. The van der Waals surface area contributed by atoms with Gasteiger partial charge in [-0.25, -0.2) is 0 Å². The van der Waals surface area contributed by atoms with Gasteiger partial charge in [0.25, 0.3) is 0 Å². The van der Waals surface area contributed by atoms with Crippen molar-refractivity contribution in [3.8, 4) is 0 Å². The van der Waals surface area contributed by atoms with Gasteiger partial charge in [-0.3, -0.25) is 0 Å². The quantitative estimate of drug-likeness (QED) is 0.379. The molecule has 2 unspecified atom stereocenters. The highest BCUT2D eigenvalue weighted by Crippen LogP contribution is 2.28. The summed E-state index contributed by atoms with van der Waals surface area (Å²) in [6.45, 7) is 4.19. The summed E-state index contributed by atoms with van der Waals surface area (Å²) in [4.78, 5) is 0. The summed E-state index contributed by atoms with van der Waals surface area (Å²) in [6, 6.07) is 17.1. The van der Waals surface area contributed by atoms with E-state index in [0.717, 1.165) is 47.0 Å². The maximum atomic E-state index is 3.66. The molecule has 0 spiro atoms. The van der Waals surface area contributed by atoms with Gasteiger partial charge < -0.3 is 10.6 Å². The van der Waals surface area contributed by atoms with Gasteiger partial charge in [-0.1, -0.05) is 62.5 Å². The second-order valence-corrected chi connectivity index (χ2v) is 9.25. The fraction of sp³-hybridized carbons (Fsp3) is 0.455. The number of rotatable bonds is 8. The van der Waals surface area contributed by atoms with E-state index in [1.807, 2.05) is 0 Å². The molecule has 2 N–H and O–H groups in total. The van der Waals surface area contributed by atoms with Crippen LogP contribution in [0.15, 0.2) is 57.5 Å². The van der Waals surface area contributed by atoms with Gasteiger partial charge in [-0.2, -0.15) is 0 Å². The lowest BCUT2D eigenvalue weighted by molar-refractivity contribution is 0.252. The minimum atomic E-state index is 0. The Morgan fingerprint density at radius 3 is 1.64 bits per heavy atom. The molecule has 0 saturated heterocycles. The van der Waals surface area contributed by atoms with Crippen LogP contribution in [0.4, 0.5) is 0 Å². The van der Waals surface area contributed by atoms with Crippen LogP contribution < -0.4 is 10.6 Å². The minimum absolute atomic E-state index is 0. The first-order chi connectivity index (χ1) is 12.7. The molecule has 0 bridgehead atoms. The molecule has 2 aromatic carbocycles. The fourth-order valence-corrected chi connectivity index (χ4v) is 4.80. The van der Waals surface area contributed by atoms with E-state index in [-0.39, 0.29) is 24.8 Å². The molecule has 1 aliphatic rings. The van der Waals surface area contributed by atoms with Crippen LogP contribution in [-0.2, 0) is 13.1 Å². The summed E-state index contributed by atoms with van der Waals surface area (Å²) in [5.41, 5.74) is 2.70. The first kappa shape index (κ1) is 25.9. The van der Waals surface area contributed by atoms with Gasteiger partial charge in [0.2, 0.25) is 0 Å². The van der Waals surface area contributed by atoms with Crippen molar-refractivity contribution in [2.45, 2.75) is 38.8 Å². The molecule has 28 heavy (non-hydrogen) atoms. The molecule has 0 amide bonds. The predicted octanol–water partition coefficient (Wildman–Crippen LogP) is 6.74. The summed E-state index contributed by atoms with van der Waals surface area (Å²) >= 11 is 7.09. The molecule has 0 heterocycles. The number of nitrogens with one attached hydrogen (secondary N) is 2. The Labute approximate surface area is 198 Å². The van der Waals surface area contributed by atoms with Gasteiger partial charge in [0.05, 0.1) is 0 Å². The van der Waals surface area contributed by atoms with Gasteiger partial charge >= 0.3 is 0 Å². The maximum Gasteiger partial charge on any atom is 0.0206 e. The lowest BCUT2D eigenvalue weighted by Gasteiger charge is -2.29. The Bertz CT molecular complexity index is 642. The van der Waals surface area contributed by atoms with Crippen molar-refractivity contribution in [3.05, 3.63) is 68.6 Å². The smallest absolute Gasteiger partial charge is 0.0206 e. The molecule has 0 aromatic heterocycles. The van der Waals surface area contributed by atoms with Crippen LogP contribution in [0.25, 0.3) is 0 Å². The highest BCUT2D eigenvalue weighted by atomic mass is 79.9. The molecule has 1 aliphatic carbocycles. The highest BCUT2D eigenvalue weighted by Gasteiger charge is 2.21. The SMILES string of the molecule is Brc1cccc(CNCC2CCCC(CNCc3cccc(Br)c3)C2)c1.Cl.Cl. The normalized spacial score (nSPS) is 18.8. The van der Waals surface area contributed by atoms with Crippen LogP contribution in [0.2, 0.25) is 0 Å². The minimum Gasteiger partial charge on any atom is -0.312 e. The van der Waals surface area contributed by atoms with Crippen molar-refractivity contribution in [1.82, 2.24) is 10.6 Å². The molecular formula is C22H30Br2Cl2N2. The lowest BCUT2D eigenvalue weighted by atomic mass is 9.81. The van der Waals surface area contributed by atoms with Crippen molar-refractivity contribution in [2.24, 2.45) is 11.8 Å². The number of hydrogen-bond donors (Lipinski definition) is 2. The predicted molar refractivity (Wildman–Crippen MR) is 132 cm³/mol. The van der Waals surface area contributed by atoms with Crippen LogP contribution in [0, 0.1) is 11.8 Å². The third kappa shape index (κ3) is 9.15. The summed E-state index contributed by atoms with van der Waals surface area (Å²) in [5, 5.41) is 7.32. The van der Waals surface area contributed by atoms with Gasteiger partial charge in [-0.05, 0) is 79.6 Å². The van der Waals surface area contributed by atoms with Crippen LogP contribution in [0.3, 0.4) is 0 Å². The van der Waals surface area contributed by atoms with E-state index in [0.29, 0.717) is 0 Å². The molecule has 2 atom stereocenters. The topological polar surface area (TPSA) is 24.1 Å². The fourth-order valence-electron chi connectivity index (χ4n) is 3.91. The van der Waals surface area contributed by atoms with Crippen LogP contribution in [-0.4, -0.2) is 13.1 Å². The first-order valence-electron chi connectivity index (χ1n) is 9.59. The van der Waals surface area contributed by atoms with Crippen molar-refractivity contribution in [2.75, 3.05) is 13.1 Å². The maximum absolute atomic E-state index is 3.66. The van der Waals surface area contributed by atoms with Crippen LogP contribution in [0.5, 0.6) is 0 Å². The van der Waals surface area contributed by atoms with E-state index in [4.69, 9.17) is 0 Å². The highest BCUT2D eigenvalue weighted by molar-refractivity contribution is 9.10. The first-order valence-corrected chi connectivity index (χ1v) is 11.2. The zero-order valence-corrected chi connectivity index (χ0v) is 20.8. The average Bonchev–Trinajstić information content (AvgIpc) is 2.62. The van der Waals surface area contributed by atoms with E-state index in [2.05, 4.69) is 91.0 Å². The molecule has 1 saturated carbocycles. The van der Waals surface area contributed by atoms with E-state index >= 15 is 0 Å². The molecule has 156 valence electrons. The Morgan fingerprint density at radius 1 is 0.750 bits per heavy atom. The van der Waals surface area contributed by atoms with Gasteiger partial charge in [-0.15, -0.1) is 24.8 Å². The Kier molecular flexibility index (Phi) is 13.0. The third-order valence-corrected chi connectivity index (χ3v) is 6.18. The van der Waals surface area contributed by atoms with E-state index in [1.54, 1.807) is 0 Å². The number of halogens is 4. The summed E-state index contributed by atoms with van der Waals surface area (Å²) in [7, 11) is 0. The second kappa shape index (κ2) is 14.0. The molecule has 2 nitrogen and oxygen atoms in total. The van der Waals surface area contributed by atoms with Gasteiger partial charge in [0.1, 0.15) is 0 Å². The number of benzene rings is 2. The molecule has 6 heteroatoms. The van der Waals surface area contributed by atoms with E-state index in [1.165, 1.54) is 36.8 Å². The molecule has 0 radical (unpaired) electrons. The Hall–Kier alpha value is -0.100. The zero-order chi connectivity index (χ0) is 18.2. The summed E-state index contributed by atoms with van der Waals surface area (Å²) in [5.74, 6) is 1.63. The lowest BCUT2D eigenvalue weighted by Crippen LogP contribution is -2.31. The van der Waals surface area contributed by atoms with Crippen molar-refractivity contribution in [1.29, 1.82) is 0 Å². The Balaban J connectivity index is 0.00000196. The van der Waals surface area contributed by atoms with Crippen molar-refractivity contribution in [3.63, 3.8) is 0 Å². The van der Waals surface area contributed by atoms with Gasteiger partial charge in [0, 0.05) is 22.0 Å². The van der Waals surface area contributed by atoms with Crippen molar-refractivity contribution >= 4 is 56.7 Å². The average molecular weight is 553 g/mol. The molecule has 2 aromatic rings. The van der Waals surface area contributed by atoms with Crippen molar-refractivity contribution < 1.29 is 0 Å². The monoisotopic (exact) mass is 550 g/mol. The molecular weight excluding hydrogens is 523 g/mol.